The fraction of sp³-hybridized carbons (Fsp3) is 0.217. The van der Waals surface area contributed by atoms with E-state index in [2.05, 4.69) is 40.2 Å². The number of nitrogens with one attached hydrogen (secondary N) is 1. The van der Waals surface area contributed by atoms with Crippen molar-refractivity contribution < 1.29 is 9.53 Å². The molecular weight excluding hydrogens is 434 g/mol. The molecule has 4 aromatic rings. The van der Waals surface area contributed by atoms with Crippen LogP contribution >= 0.6 is 0 Å². The molecule has 0 bridgehead atoms. The number of hydrogen-bond acceptors (Lipinski definition) is 9. The monoisotopic (exact) mass is 457 g/mol. The summed E-state index contributed by atoms with van der Waals surface area (Å²) in [5, 5.41) is 6.98. The Morgan fingerprint density at radius 2 is 1.68 bits per heavy atom. The molecule has 5 rings (SSSR count). The van der Waals surface area contributed by atoms with Crippen molar-refractivity contribution in [2.45, 2.75) is 0 Å². The van der Waals surface area contributed by atoms with Gasteiger partial charge in [-0.05, 0) is 24.3 Å². The Hall–Kier alpha value is -4.54. The normalized spacial score (nSPS) is 13.6. The Morgan fingerprint density at radius 1 is 0.882 bits per heavy atom. The predicted molar refractivity (Wildman–Crippen MR) is 127 cm³/mol. The predicted octanol–water partition coefficient (Wildman–Crippen LogP) is 2.04. The minimum absolute atomic E-state index is 0.294. The summed E-state index contributed by atoms with van der Waals surface area (Å²) in [6, 6.07) is 9.32. The van der Waals surface area contributed by atoms with Gasteiger partial charge < -0.3 is 19.9 Å². The van der Waals surface area contributed by atoms with Gasteiger partial charge in [0.1, 0.15) is 5.82 Å². The summed E-state index contributed by atoms with van der Waals surface area (Å²) in [6.07, 6.45) is 9.83. The van der Waals surface area contributed by atoms with Gasteiger partial charge in [0, 0.05) is 38.6 Å². The van der Waals surface area contributed by atoms with E-state index >= 15 is 0 Å². The number of aromatic nitrogens is 6. The number of ether oxygens (including phenoxy) is 1. The molecule has 1 aliphatic heterocycles. The minimum Gasteiger partial charge on any atom is -0.493 e. The Bertz CT molecular complexity index is 1240. The molecule has 1 aliphatic rings. The molecule has 4 aromatic heterocycles. The van der Waals surface area contributed by atoms with Gasteiger partial charge in [-0.25, -0.2) is 24.6 Å². The molecule has 172 valence electrons. The molecule has 0 aromatic carbocycles. The number of rotatable bonds is 6. The molecule has 0 radical (unpaired) electrons. The van der Waals surface area contributed by atoms with Crippen molar-refractivity contribution in [2.75, 3.05) is 48.4 Å². The van der Waals surface area contributed by atoms with Crippen LogP contribution in [0.4, 0.5) is 17.5 Å². The van der Waals surface area contributed by atoms with E-state index in [0.29, 0.717) is 28.8 Å². The zero-order valence-corrected chi connectivity index (χ0v) is 18.6. The number of amides is 1. The van der Waals surface area contributed by atoms with Gasteiger partial charge in [-0.2, -0.15) is 5.10 Å². The Labute approximate surface area is 196 Å². The topological polar surface area (TPSA) is 114 Å². The van der Waals surface area contributed by atoms with Crippen LogP contribution in [-0.2, 0) is 0 Å². The molecule has 1 N–H and O–H groups in total. The van der Waals surface area contributed by atoms with E-state index in [9.17, 15) is 4.79 Å². The molecule has 1 fully saturated rings. The highest BCUT2D eigenvalue weighted by molar-refractivity contribution is 6.03. The van der Waals surface area contributed by atoms with Crippen LogP contribution in [0.15, 0.2) is 67.5 Å². The van der Waals surface area contributed by atoms with Gasteiger partial charge in [0.05, 0.1) is 43.1 Å². The van der Waals surface area contributed by atoms with Gasteiger partial charge >= 0.3 is 0 Å². The quantitative estimate of drug-likeness (QED) is 0.464. The van der Waals surface area contributed by atoms with Crippen LogP contribution in [0.2, 0.25) is 0 Å². The highest BCUT2D eigenvalue weighted by Gasteiger charge is 2.20. The zero-order valence-electron chi connectivity index (χ0n) is 18.6. The van der Waals surface area contributed by atoms with E-state index in [0.717, 1.165) is 32.0 Å². The summed E-state index contributed by atoms with van der Waals surface area (Å²) in [6.45, 7) is 3.27. The van der Waals surface area contributed by atoms with Crippen LogP contribution in [0.25, 0.3) is 5.82 Å². The van der Waals surface area contributed by atoms with E-state index in [1.54, 1.807) is 54.9 Å². The molecular formula is C23H23N9O2. The first kappa shape index (κ1) is 21.3. The standard InChI is InChI=1S/C23H23N9O2/c1-34-19-15-28-32(16-19)21-6-5-17(12-25-21)22(33)29-18-13-26-23(27-14-18)31-10-8-30(9-11-31)20-4-2-3-7-24-20/h2-7,12-16H,8-11H2,1H3,(H,29,33). The maximum atomic E-state index is 12.6. The molecule has 0 atom stereocenters. The molecule has 1 saturated heterocycles. The fourth-order valence-corrected chi connectivity index (χ4v) is 3.62. The average molecular weight is 457 g/mol. The number of anilines is 3. The molecule has 0 aliphatic carbocycles. The molecule has 0 saturated carbocycles. The number of carbonyl (C=O) groups is 1. The number of nitrogens with zero attached hydrogens (tertiary/aromatic N) is 8. The van der Waals surface area contributed by atoms with Gasteiger partial charge in [0.15, 0.2) is 11.6 Å². The summed E-state index contributed by atoms with van der Waals surface area (Å²) in [5.41, 5.74) is 0.930. The largest absolute Gasteiger partial charge is 0.493 e. The lowest BCUT2D eigenvalue weighted by molar-refractivity contribution is 0.102. The highest BCUT2D eigenvalue weighted by Crippen LogP contribution is 2.17. The van der Waals surface area contributed by atoms with Crippen molar-refractivity contribution in [2.24, 2.45) is 0 Å². The van der Waals surface area contributed by atoms with Crippen molar-refractivity contribution in [3.8, 4) is 11.6 Å². The summed E-state index contributed by atoms with van der Waals surface area (Å²) in [5.74, 6) is 2.53. The molecule has 11 nitrogen and oxygen atoms in total. The van der Waals surface area contributed by atoms with Gasteiger partial charge in [0.2, 0.25) is 5.95 Å². The fourth-order valence-electron chi connectivity index (χ4n) is 3.62. The van der Waals surface area contributed by atoms with Gasteiger partial charge in [0.25, 0.3) is 5.91 Å². The number of pyridine rings is 2. The molecule has 0 spiro atoms. The average Bonchev–Trinajstić information content (AvgIpc) is 3.39. The molecule has 5 heterocycles. The first-order valence-electron chi connectivity index (χ1n) is 10.8. The Balaban J connectivity index is 1.17. The van der Waals surface area contributed by atoms with Gasteiger partial charge in [-0.1, -0.05) is 6.07 Å². The van der Waals surface area contributed by atoms with Crippen molar-refractivity contribution in [1.29, 1.82) is 0 Å². The summed E-state index contributed by atoms with van der Waals surface area (Å²) in [7, 11) is 1.57. The summed E-state index contributed by atoms with van der Waals surface area (Å²) in [4.78, 5) is 34.6. The highest BCUT2D eigenvalue weighted by atomic mass is 16.5. The molecule has 0 unspecified atom stereocenters. The van der Waals surface area contributed by atoms with Gasteiger partial charge in [-0.3, -0.25) is 4.79 Å². The number of carbonyl (C=O) groups excluding carboxylic acids is 1. The van der Waals surface area contributed by atoms with Crippen molar-refractivity contribution in [3.63, 3.8) is 0 Å². The van der Waals surface area contributed by atoms with Crippen LogP contribution in [0.1, 0.15) is 10.4 Å². The lowest BCUT2D eigenvalue weighted by Crippen LogP contribution is -2.47. The minimum atomic E-state index is -0.294. The number of hydrogen-bond donors (Lipinski definition) is 1. The molecule has 34 heavy (non-hydrogen) atoms. The second-order valence-electron chi connectivity index (χ2n) is 7.62. The van der Waals surface area contributed by atoms with Crippen LogP contribution in [0.3, 0.4) is 0 Å². The third-order valence-corrected chi connectivity index (χ3v) is 5.47. The van der Waals surface area contributed by atoms with Crippen LogP contribution in [-0.4, -0.2) is 68.9 Å². The maximum absolute atomic E-state index is 12.6. The Kier molecular flexibility index (Phi) is 5.97. The van der Waals surface area contributed by atoms with Crippen LogP contribution in [0.5, 0.6) is 5.75 Å². The van der Waals surface area contributed by atoms with Crippen molar-refractivity contribution in [1.82, 2.24) is 29.7 Å². The van der Waals surface area contributed by atoms with Crippen molar-refractivity contribution >= 4 is 23.4 Å². The number of methoxy groups -OCH3 is 1. The number of piperazine rings is 1. The first-order valence-corrected chi connectivity index (χ1v) is 10.8. The lowest BCUT2D eigenvalue weighted by atomic mass is 10.2. The lowest BCUT2D eigenvalue weighted by Gasteiger charge is -2.35. The van der Waals surface area contributed by atoms with Crippen LogP contribution < -0.4 is 19.9 Å². The zero-order chi connectivity index (χ0) is 23.3. The van der Waals surface area contributed by atoms with E-state index in [1.807, 2.05) is 18.2 Å². The molecule has 11 heteroatoms. The third kappa shape index (κ3) is 4.63. The van der Waals surface area contributed by atoms with Gasteiger partial charge in [-0.15, -0.1) is 0 Å². The third-order valence-electron chi connectivity index (χ3n) is 5.47. The van der Waals surface area contributed by atoms with E-state index < -0.39 is 0 Å². The smallest absolute Gasteiger partial charge is 0.257 e. The van der Waals surface area contributed by atoms with Crippen molar-refractivity contribution in [3.05, 3.63) is 73.1 Å². The summed E-state index contributed by atoms with van der Waals surface area (Å²) >= 11 is 0. The summed E-state index contributed by atoms with van der Waals surface area (Å²) < 4.78 is 6.69. The van der Waals surface area contributed by atoms with E-state index in [-0.39, 0.29) is 5.91 Å². The molecule has 1 amide bonds. The first-order chi connectivity index (χ1) is 16.7. The Morgan fingerprint density at radius 3 is 2.32 bits per heavy atom. The van der Waals surface area contributed by atoms with E-state index in [1.165, 1.54) is 6.20 Å². The van der Waals surface area contributed by atoms with Crippen LogP contribution in [0, 0.1) is 0 Å². The van der Waals surface area contributed by atoms with E-state index in [4.69, 9.17) is 4.74 Å². The second-order valence-corrected chi connectivity index (χ2v) is 7.62. The maximum Gasteiger partial charge on any atom is 0.257 e. The second kappa shape index (κ2) is 9.53. The SMILES string of the molecule is COc1cnn(-c2ccc(C(=O)Nc3cnc(N4CCN(c5ccccn5)CC4)nc3)cn2)c1.